The molecule has 0 radical (unpaired) electrons. The van der Waals surface area contributed by atoms with Crippen LogP contribution in [-0.4, -0.2) is 17.0 Å². The zero-order valence-electron chi connectivity index (χ0n) is 10.5. The Kier molecular flexibility index (Phi) is 4.42. The number of nitrogens with one attached hydrogen (secondary N) is 1. The second-order valence-corrected chi connectivity index (χ2v) is 4.44. The van der Waals surface area contributed by atoms with Gasteiger partial charge in [0.1, 0.15) is 5.82 Å². The highest BCUT2D eigenvalue weighted by molar-refractivity contribution is 5.85. The minimum atomic E-state index is -1.17. The molecule has 98 valence electrons. The van der Waals surface area contributed by atoms with Gasteiger partial charge >= 0.3 is 5.97 Å². The van der Waals surface area contributed by atoms with Crippen molar-refractivity contribution in [1.82, 2.24) is 5.32 Å². The third-order valence-electron chi connectivity index (χ3n) is 2.57. The predicted molar refractivity (Wildman–Crippen MR) is 64.5 cm³/mol. The maximum absolute atomic E-state index is 13.1. The Bertz CT molecular complexity index is 471. The number of rotatable bonds is 4. The molecule has 0 fully saturated rings. The molecule has 0 saturated carbocycles. The molecule has 0 bridgehead atoms. The highest BCUT2D eigenvalue weighted by Crippen LogP contribution is 2.17. The van der Waals surface area contributed by atoms with Gasteiger partial charge in [0, 0.05) is 5.92 Å². The van der Waals surface area contributed by atoms with Gasteiger partial charge in [0.05, 0.1) is 0 Å². The van der Waals surface area contributed by atoms with Crippen LogP contribution in [-0.2, 0) is 9.59 Å². The van der Waals surface area contributed by atoms with E-state index in [1.54, 1.807) is 20.8 Å². The standard InChI is InChI=1S/C13H16FNO3/c1-7(2)12(16)15-11(13(17)18)9-4-5-10(14)8(3)6-9/h4-7,11H,1-3H3,(H,15,16)(H,17,18). The Morgan fingerprint density at radius 1 is 1.33 bits per heavy atom. The lowest BCUT2D eigenvalue weighted by Gasteiger charge is -2.17. The van der Waals surface area contributed by atoms with Gasteiger partial charge in [-0.3, -0.25) is 4.79 Å². The molecule has 1 atom stereocenters. The van der Waals surface area contributed by atoms with Gasteiger partial charge in [0.15, 0.2) is 6.04 Å². The van der Waals surface area contributed by atoms with Crippen molar-refractivity contribution < 1.29 is 19.1 Å². The monoisotopic (exact) mass is 253 g/mol. The molecule has 1 aromatic rings. The van der Waals surface area contributed by atoms with Gasteiger partial charge < -0.3 is 10.4 Å². The number of aryl methyl sites for hydroxylation is 1. The lowest BCUT2D eigenvalue weighted by atomic mass is 10.0. The lowest BCUT2D eigenvalue weighted by molar-refractivity contribution is -0.142. The molecule has 4 nitrogen and oxygen atoms in total. The van der Waals surface area contributed by atoms with Gasteiger partial charge in [-0.2, -0.15) is 0 Å². The maximum Gasteiger partial charge on any atom is 0.330 e. The van der Waals surface area contributed by atoms with E-state index >= 15 is 0 Å². The molecule has 5 heteroatoms. The molecule has 1 rings (SSSR count). The van der Waals surface area contributed by atoms with E-state index in [1.165, 1.54) is 18.2 Å². The summed E-state index contributed by atoms with van der Waals surface area (Å²) < 4.78 is 13.1. The van der Waals surface area contributed by atoms with E-state index in [-0.39, 0.29) is 11.8 Å². The van der Waals surface area contributed by atoms with Gasteiger partial charge in [-0.1, -0.05) is 26.0 Å². The van der Waals surface area contributed by atoms with Crippen LogP contribution in [0.5, 0.6) is 0 Å². The average Bonchev–Trinajstić information content (AvgIpc) is 2.29. The molecule has 1 aromatic carbocycles. The van der Waals surface area contributed by atoms with Crippen LogP contribution < -0.4 is 5.32 Å². The van der Waals surface area contributed by atoms with Crippen LogP contribution in [0, 0.1) is 18.7 Å². The van der Waals surface area contributed by atoms with Gasteiger partial charge in [-0.25, -0.2) is 9.18 Å². The minimum absolute atomic E-state index is 0.312. The fourth-order valence-electron chi connectivity index (χ4n) is 1.44. The van der Waals surface area contributed by atoms with E-state index in [0.717, 1.165) is 0 Å². The van der Waals surface area contributed by atoms with E-state index < -0.39 is 17.8 Å². The third kappa shape index (κ3) is 3.29. The summed E-state index contributed by atoms with van der Waals surface area (Å²) in [5.41, 5.74) is 0.702. The first kappa shape index (κ1) is 14.2. The first-order valence-corrected chi connectivity index (χ1v) is 5.62. The van der Waals surface area contributed by atoms with Crippen LogP contribution in [0.1, 0.15) is 31.0 Å². The number of carboxylic acid groups (broad SMARTS) is 1. The molecular weight excluding hydrogens is 237 g/mol. The van der Waals surface area contributed by atoms with Gasteiger partial charge in [0.2, 0.25) is 5.91 Å². The Hall–Kier alpha value is -1.91. The van der Waals surface area contributed by atoms with Crippen LogP contribution in [0.4, 0.5) is 4.39 Å². The molecule has 1 unspecified atom stereocenters. The van der Waals surface area contributed by atoms with E-state index in [9.17, 15) is 14.0 Å². The smallest absolute Gasteiger partial charge is 0.330 e. The number of amides is 1. The zero-order chi connectivity index (χ0) is 13.9. The highest BCUT2D eigenvalue weighted by Gasteiger charge is 2.23. The summed E-state index contributed by atoms with van der Waals surface area (Å²) in [4.78, 5) is 22.7. The topological polar surface area (TPSA) is 66.4 Å². The average molecular weight is 253 g/mol. The molecule has 1 amide bonds. The molecular formula is C13H16FNO3. The van der Waals surface area contributed by atoms with Gasteiger partial charge in [-0.05, 0) is 24.1 Å². The van der Waals surface area contributed by atoms with Crippen molar-refractivity contribution in [3.8, 4) is 0 Å². The Labute approximate surface area is 105 Å². The van der Waals surface area contributed by atoms with Crippen LogP contribution in [0.3, 0.4) is 0 Å². The van der Waals surface area contributed by atoms with Crippen molar-refractivity contribution in [2.75, 3.05) is 0 Å². The number of carbonyl (C=O) groups is 2. The fraction of sp³-hybridized carbons (Fsp3) is 0.385. The largest absolute Gasteiger partial charge is 0.479 e. The number of carboxylic acids is 1. The molecule has 0 saturated heterocycles. The highest BCUT2D eigenvalue weighted by atomic mass is 19.1. The lowest BCUT2D eigenvalue weighted by Crippen LogP contribution is -2.36. The molecule has 0 aromatic heterocycles. The summed E-state index contributed by atoms with van der Waals surface area (Å²) in [6, 6.07) is 2.83. The van der Waals surface area contributed by atoms with Crippen molar-refractivity contribution in [1.29, 1.82) is 0 Å². The Morgan fingerprint density at radius 2 is 1.94 bits per heavy atom. The number of halogens is 1. The normalized spacial score (nSPS) is 12.3. The summed E-state index contributed by atoms with van der Waals surface area (Å²) >= 11 is 0. The molecule has 18 heavy (non-hydrogen) atoms. The summed E-state index contributed by atoms with van der Waals surface area (Å²) in [6.45, 7) is 4.89. The summed E-state index contributed by atoms with van der Waals surface area (Å²) in [5, 5.41) is 11.5. The summed E-state index contributed by atoms with van der Waals surface area (Å²) in [6.07, 6.45) is 0. The molecule has 0 aliphatic heterocycles. The molecule has 2 N–H and O–H groups in total. The number of benzene rings is 1. The SMILES string of the molecule is Cc1cc(C(NC(=O)C(C)C)C(=O)O)ccc1F. The van der Waals surface area contributed by atoms with E-state index in [4.69, 9.17) is 5.11 Å². The van der Waals surface area contributed by atoms with Crippen molar-refractivity contribution >= 4 is 11.9 Å². The van der Waals surface area contributed by atoms with E-state index in [2.05, 4.69) is 5.32 Å². The number of hydrogen-bond acceptors (Lipinski definition) is 2. The quantitative estimate of drug-likeness (QED) is 0.862. The fourth-order valence-corrected chi connectivity index (χ4v) is 1.44. The van der Waals surface area contributed by atoms with E-state index in [0.29, 0.717) is 11.1 Å². The maximum atomic E-state index is 13.1. The van der Waals surface area contributed by atoms with Crippen molar-refractivity contribution in [2.24, 2.45) is 5.92 Å². The van der Waals surface area contributed by atoms with Gasteiger partial charge in [-0.15, -0.1) is 0 Å². The molecule has 0 heterocycles. The summed E-state index contributed by atoms with van der Waals surface area (Å²) in [5.74, 6) is -2.24. The Morgan fingerprint density at radius 3 is 2.39 bits per heavy atom. The van der Waals surface area contributed by atoms with Crippen LogP contribution >= 0.6 is 0 Å². The third-order valence-corrected chi connectivity index (χ3v) is 2.57. The van der Waals surface area contributed by atoms with Crippen molar-refractivity contribution in [3.05, 3.63) is 35.1 Å². The second kappa shape index (κ2) is 5.62. The van der Waals surface area contributed by atoms with E-state index in [1.807, 2.05) is 0 Å². The number of hydrogen-bond donors (Lipinski definition) is 2. The van der Waals surface area contributed by atoms with Gasteiger partial charge in [0.25, 0.3) is 0 Å². The first-order valence-electron chi connectivity index (χ1n) is 5.62. The van der Waals surface area contributed by atoms with Crippen molar-refractivity contribution in [3.63, 3.8) is 0 Å². The second-order valence-electron chi connectivity index (χ2n) is 4.44. The Balaban J connectivity index is 3.01. The minimum Gasteiger partial charge on any atom is -0.479 e. The van der Waals surface area contributed by atoms with Crippen LogP contribution in [0.15, 0.2) is 18.2 Å². The summed E-state index contributed by atoms with van der Waals surface area (Å²) in [7, 11) is 0. The van der Waals surface area contributed by atoms with Crippen LogP contribution in [0.25, 0.3) is 0 Å². The number of aliphatic carboxylic acids is 1. The first-order chi connectivity index (χ1) is 8.32. The predicted octanol–water partition coefficient (Wildman–Crippen LogP) is 2.03. The number of carbonyl (C=O) groups excluding carboxylic acids is 1. The zero-order valence-corrected chi connectivity index (χ0v) is 10.5. The van der Waals surface area contributed by atoms with Crippen molar-refractivity contribution in [2.45, 2.75) is 26.8 Å². The van der Waals surface area contributed by atoms with Crippen LogP contribution in [0.2, 0.25) is 0 Å². The molecule has 0 aliphatic carbocycles. The molecule has 0 spiro atoms. The molecule has 0 aliphatic rings.